The molecular weight excluding hydrogens is 172 g/mol. The van der Waals surface area contributed by atoms with Gasteiger partial charge in [0.15, 0.2) is 0 Å². The molecule has 0 bridgehead atoms. The number of ketones is 1. The molecule has 1 aliphatic rings. The maximum absolute atomic E-state index is 12.0. The summed E-state index contributed by atoms with van der Waals surface area (Å²) in [5.74, 6) is 1.32. The Balaban J connectivity index is 2.47. The summed E-state index contributed by atoms with van der Waals surface area (Å²) in [5, 5.41) is 0. The van der Waals surface area contributed by atoms with Gasteiger partial charge in [0.2, 0.25) is 0 Å². The maximum atomic E-state index is 12.0. The van der Waals surface area contributed by atoms with E-state index >= 15 is 0 Å². The lowest BCUT2D eigenvalue weighted by molar-refractivity contribution is -0.124. The Morgan fingerprint density at radius 3 is 2.29 bits per heavy atom. The van der Waals surface area contributed by atoms with Gasteiger partial charge in [-0.3, -0.25) is 4.79 Å². The highest BCUT2D eigenvalue weighted by Crippen LogP contribution is 2.37. The Morgan fingerprint density at radius 1 is 1.21 bits per heavy atom. The van der Waals surface area contributed by atoms with Crippen LogP contribution in [0.5, 0.6) is 0 Å². The van der Waals surface area contributed by atoms with Crippen molar-refractivity contribution in [3.63, 3.8) is 0 Å². The highest BCUT2D eigenvalue weighted by atomic mass is 16.1. The van der Waals surface area contributed by atoms with E-state index in [1.165, 1.54) is 0 Å². The van der Waals surface area contributed by atoms with Gasteiger partial charge in [0.25, 0.3) is 0 Å². The standard InChI is InChI=1S/C13H24O/c1-5-6-10-7-8-11(12(10)14)9-13(2,3)4/h10-11H,5-9H2,1-4H3. The first-order valence-corrected chi connectivity index (χ1v) is 5.98. The summed E-state index contributed by atoms with van der Waals surface area (Å²) in [7, 11) is 0. The van der Waals surface area contributed by atoms with Crippen molar-refractivity contribution < 1.29 is 4.79 Å². The van der Waals surface area contributed by atoms with Crippen molar-refractivity contribution in [3.8, 4) is 0 Å². The summed E-state index contributed by atoms with van der Waals surface area (Å²) in [6, 6.07) is 0. The van der Waals surface area contributed by atoms with Crippen LogP contribution in [0.4, 0.5) is 0 Å². The molecule has 1 fully saturated rings. The Kier molecular flexibility index (Phi) is 3.74. The molecule has 1 rings (SSSR count). The van der Waals surface area contributed by atoms with Crippen LogP contribution < -0.4 is 0 Å². The highest BCUT2D eigenvalue weighted by molar-refractivity contribution is 5.85. The van der Waals surface area contributed by atoms with Gasteiger partial charge in [-0.05, 0) is 31.1 Å². The second kappa shape index (κ2) is 4.46. The molecule has 0 heterocycles. The number of rotatable bonds is 3. The fourth-order valence-electron chi connectivity index (χ4n) is 2.60. The Bertz CT molecular complexity index is 200. The van der Waals surface area contributed by atoms with Gasteiger partial charge in [-0.15, -0.1) is 0 Å². The zero-order valence-corrected chi connectivity index (χ0v) is 10.1. The normalized spacial score (nSPS) is 28.4. The molecule has 1 nitrogen and oxygen atoms in total. The fraction of sp³-hybridized carbons (Fsp3) is 0.923. The maximum Gasteiger partial charge on any atom is 0.139 e. The quantitative estimate of drug-likeness (QED) is 0.670. The van der Waals surface area contributed by atoms with Crippen LogP contribution in [0.3, 0.4) is 0 Å². The summed E-state index contributed by atoms with van der Waals surface area (Å²) >= 11 is 0. The number of carbonyl (C=O) groups is 1. The minimum Gasteiger partial charge on any atom is -0.299 e. The molecule has 1 saturated carbocycles. The topological polar surface area (TPSA) is 17.1 Å². The molecule has 0 aromatic heterocycles. The van der Waals surface area contributed by atoms with Crippen LogP contribution in [0.2, 0.25) is 0 Å². The Hall–Kier alpha value is -0.330. The first-order chi connectivity index (χ1) is 6.44. The van der Waals surface area contributed by atoms with Crippen LogP contribution in [0.15, 0.2) is 0 Å². The van der Waals surface area contributed by atoms with Crippen molar-refractivity contribution in [1.29, 1.82) is 0 Å². The molecule has 0 spiro atoms. The third-order valence-electron chi connectivity index (χ3n) is 3.16. The van der Waals surface area contributed by atoms with Gasteiger partial charge >= 0.3 is 0 Å². The molecule has 0 saturated heterocycles. The lowest BCUT2D eigenvalue weighted by atomic mass is 9.83. The first-order valence-electron chi connectivity index (χ1n) is 5.98. The molecule has 2 atom stereocenters. The predicted octanol–water partition coefficient (Wildman–Crippen LogP) is 3.82. The highest BCUT2D eigenvalue weighted by Gasteiger charge is 2.35. The molecule has 0 aromatic carbocycles. The van der Waals surface area contributed by atoms with E-state index in [-0.39, 0.29) is 0 Å². The lowest BCUT2D eigenvalue weighted by Crippen LogP contribution is -2.19. The molecule has 0 N–H and O–H groups in total. The van der Waals surface area contributed by atoms with Gasteiger partial charge in [0.05, 0.1) is 0 Å². The Morgan fingerprint density at radius 2 is 1.79 bits per heavy atom. The SMILES string of the molecule is CCCC1CCC(CC(C)(C)C)C1=O. The van der Waals surface area contributed by atoms with E-state index < -0.39 is 0 Å². The summed E-state index contributed by atoms with van der Waals surface area (Å²) in [5.41, 5.74) is 0.307. The molecule has 2 unspecified atom stereocenters. The molecule has 0 amide bonds. The van der Waals surface area contributed by atoms with Gasteiger partial charge in [-0.25, -0.2) is 0 Å². The summed E-state index contributed by atoms with van der Waals surface area (Å²) < 4.78 is 0. The molecule has 1 heteroatoms. The van der Waals surface area contributed by atoms with Crippen LogP contribution >= 0.6 is 0 Å². The van der Waals surface area contributed by atoms with Gasteiger partial charge in [-0.2, -0.15) is 0 Å². The molecule has 0 aromatic rings. The van der Waals surface area contributed by atoms with Crippen molar-refractivity contribution in [3.05, 3.63) is 0 Å². The van der Waals surface area contributed by atoms with E-state index in [0.29, 0.717) is 23.0 Å². The van der Waals surface area contributed by atoms with Gasteiger partial charge in [0, 0.05) is 11.8 Å². The number of hydrogen-bond acceptors (Lipinski definition) is 1. The first kappa shape index (κ1) is 11.7. The minimum atomic E-state index is 0.307. The average molecular weight is 196 g/mol. The van der Waals surface area contributed by atoms with Crippen molar-refractivity contribution in [2.45, 2.75) is 59.8 Å². The van der Waals surface area contributed by atoms with E-state index in [0.717, 1.165) is 32.1 Å². The van der Waals surface area contributed by atoms with E-state index in [9.17, 15) is 4.79 Å². The smallest absolute Gasteiger partial charge is 0.139 e. The van der Waals surface area contributed by atoms with Gasteiger partial charge in [-0.1, -0.05) is 34.1 Å². The minimum absolute atomic E-state index is 0.307. The van der Waals surface area contributed by atoms with Crippen LogP contribution in [0, 0.1) is 17.3 Å². The summed E-state index contributed by atoms with van der Waals surface area (Å²) in [4.78, 5) is 12.0. The largest absolute Gasteiger partial charge is 0.299 e. The Labute approximate surface area is 88.3 Å². The molecule has 0 aliphatic heterocycles. The average Bonchev–Trinajstić information content (AvgIpc) is 2.34. The zero-order chi connectivity index (χ0) is 10.8. The van der Waals surface area contributed by atoms with Crippen molar-refractivity contribution in [2.24, 2.45) is 17.3 Å². The zero-order valence-electron chi connectivity index (χ0n) is 10.1. The van der Waals surface area contributed by atoms with Crippen LogP contribution in [-0.2, 0) is 4.79 Å². The third kappa shape index (κ3) is 3.11. The second-order valence-corrected chi connectivity index (χ2v) is 5.93. The van der Waals surface area contributed by atoms with Gasteiger partial charge in [0.1, 0.15) is 5.78 Å². The predicted molar refractivity (Wildman–Crippen MR) is 60.2 cm³/mol. The molecular formula is C13H24O. The van der Waals surface area contributed by atoms with Gasteiger partial charge < -0.3 is 0 Å². The molecule has 82 valence electrons. The van der Waals surface area contributed by atoms with Crippen molar-refractivity contribution in [2.75, 3.05) is 0 Å². The second-order valence-electron chi connectivity index (χ2n) is 5.93. The van der Waals surface area contributed by atoms with Crippen LogP contribution in [0.1, 0.15) is 59.8 Å². The molecule has 14 heavy (non-hydrogen) atoms. The fourth-order valence-corrected chi connectivity index (χ4v) is 2.60. The summed E-state index contributed by atoms with van der Waals surface area (Å²) in [6.07, 6.45) is 5.62. The number of hydrogen-bond donors (Lipinski definition) is 0. The third-order valence-corrected chi connectivity index (χ3v) is 3.16. The van der Waals surface area contributed by atoms with Crippen molar-refractivity contribution in [1.82, 2.24) is 0 Å². The van der Waals surface area contributed by atoms with E-state index in [4.69, 9.17) is 0 Å². The summed E-state index contributed by atoms with van der Waals surface area (Å²) in [6.45, 7) is 8.86. The van der Waals surface area contributed by atoms with E-state index in [1.807, 2.05) is 0 Å². The molecule has 1 aliphatic carbocycles. The van der Waals surface area contributed by atoms with E-state index in [1.54, 1.807) is 0 Å². The lowest BCUT2D eigenvalue weighted by Gasteiger charge is -2.22. The van der Waals surface area contributed by atoms with E-state index in [2.05, 4.69) is 27.7 Å². The number of carbonyl (C=O) groups excluding carboxylic acids is 1. The molecule has 0 radical (unpaired) electrons. The van der Waals surface area contributed by atoms with Crippen LogP contribution in [0.25, 0.3) is 0 Å². The van der Waals surface area contributed by atoms with Crippen LogP contribution in [-0.4, -0.2) is 5.78 Å². The monoisotopic (exact) mass is 196 g/mol. The number of Topliss-reactive ketones (excluding diaryl/α,β-unsaturated/α-hetero) is 1. The van der Waals surface area contributed by atoms with Crippen molar-refractivity contribution >= 4 is 5.78 Å².